The summed E-state index contributed by atoms with van der Waals surface area (Å²) in [5.74, 6) is -0.266. The first-order valence-corrected chi connectivity index (χ1v) is 7.33. The molecule has 1 amide bonds. The van der Waals surface area contributed by atoms with Crippen molar-refractivity contribution in [2.45, 2.75) is 40.0 Å². The number of fused-ring (bicyclic) bond motifs is 2. The van der Waals surface area contributed by atoms with Crippen molar-refractivity contribution in [1.29, 1.82) is 0 Å². The number of amides is 1. The largest absolute Gasteiger partial charge is 0.326 e. The van der Waals surface area contributed by atoms with E-state index in [0.717, 1.165) is 12.8 Å². The third-order valence-electron chi connectivity index (χ3n) is 6.24. The molecule has 0 heterocycles. The standard InChI is InChI=1S/C17H20FNO2/c1-15(2)16(3)8-9-17(15,10-13(16)20)14(21)19-12-6-4-11(18)5-7-12/h4-7H,8-10H2,1-3H3,(H,19,21). The minimum atomic E-state index is -0.646. The molecule has 1 aromatic carbocycles. The zero-order valence-electron chi connectivity index (χ0n) is 12.6. The van der Waals surface area contributed by atoms with Crippen molar-refractivity contribution in [3.63, 3.8) is 0 Å². The van der Waals surface area contributed by atoms with Crippen LogP contribution in [-0.2, 0) is 9.59 Å². The Kier molecular flexibility index (Phi) is 2.81. The van der Waals surface area contributed by atoms with Crippen molar-refractivity contribution in [2.75, 3.05) is 5.32 Å². The number of Topliss-reactive ketones (excluding diaryl/α,β-unsaturated/α-hetero) is 1. The first-order chi connectivity index (χ1) is 9.73. The van der Waals surface area contributed by atoms with E-state index in [0.29, 0.717) is 12.1 Å². The van der Waals surface area contributed by atoms with Crippen LogP contribution < -0.4 is 5.32 Å². The first-order valence-electron chi connectivity index (χ1n) is 7.33. The second-order valence-corrected chi connectivity index (χ2v) is 7.10. The van der Waals surface area contributed by atoms with Gasteiger partial charge in [-0.2, -0.15) is 0 Å². The molecule has 2 bridgehead atoms. The first kappa shape index (κ1) is 14.2. The Labute approximate surface area is 123 Å². The molecule has 1 aromatic rings. The topological polar surface area (TPSA) is 46.2 Å². The van der Waals surface area contributed by atoms with E-state index in [4.69, 9.17) is 0 Å². The van der Waals surface area contributed by atoms with Gasteiger partial charge < -0.3 is 5.32 Å². The SMILES string of the molecule is CC12CCC(C(=O)Nc3ccc(F)cc3)(CC1=O)C2(C)C. The molecule has 0 radical (unpaired) electrons. The fraction of sp³-hybridized carbons (Fsp3) is 0.529. The van der Waals surface area contributed by atoms with Crippen LogP contribution in [0.4, 0.5) is 10.1 Å². The van der Waals surface area contributed by atoms with E-state index in [1.807, 2.05) is 20.8 Å². The predicted octanol–water partition coefficient (Wildman–Crippen LogP) is 3.55. The molecule has 2 fully saturated rings. The molecule has 0 saturated heterocycles. The van der Waals surface area contributed by atoms with Crippen LogP contribution >= 0.6 is 0 Å². The van der Waals surface area contributed by atoms with Crippen molar-refractivity contribution in [2.24, 2.45) is 16.2 Å². The molecule has 0 aromatic heterocycles. The molecule has 2 atom stereocenters. The Morgan fingerprint density at radius 2 is 1.76 bits per heavy atom. The Balaban J connectivity index is 1.91. The van der Waals surface area contributed by atoms with E-state index in [-0.39, 0.29) is 22.9 Å². The highest BCUT2D eigenvalue weighted by atomic mass is 19.1. The van der Waals surface area contributed by atoms with Crippen molar-refractivity contribution in [3.8, 4) is 0 Å². The maximum atomic E-state index is 12.9. The lowest BCUT2D eigenvalue weighted by Gasteiger charge is -2.38. The average molecular weight is 289 g/mol. The summed E-state index contributed by atoms with van der Waals surface area (Å²) in [4.78, 5) is 25.2. The van der Waals surface area contributed by atoms with Crippen LogP contribution in [0.15, 0.2) is 24.3 Å². The molecule has 2 unspecified atom stereocenters. The van der Waals surface area contributed by atoms with Gasteiger partial charge in [-0.25, -0.2) is 4.39 Å². The number of nitrogens with one attached hydrogen (secondary N) is 1. The van der Waals surface area contributed by atoms with Gasteiger partial charge in [-0.3, -0.25) is 9.59 Å². The summed E-state index contributed by atoms with van der Waals surface area (Å²) in [6, 6.07) is 5.72. The molecule has 3 nitrogen and oxygen atoms in total. The predicted molar refractivity (Wildman–Crippen MR) is 78.2 cm³/mol. The van der Waals surface area contributed by atoms with Gasteiger partial charge in [0, 0.05) is 17.5 Å². The number of anilines is 1. The highest BCUT2D eigenvalue weighted by Crippen LogP contribution is 2.70. The Morgan fingerprint density at radius 1 is 1.14 bits per heavy atom. The molecule has 0 aliphatic heterocycles. The molecule has 3 rings (SSSR count). The van der Waals surface area contributed by atoms with Crippen molar-refractivity contribution < 1.29 is 14.0 Å². The van der Waals surface area contributed by atoms with E-state index in [1.54, 1.807) is 12.1 Å². The Morgan fingerprint density at radius 3 is 2.24 bits per heavy atom. The summed E-state index contributed by atoms with van der Waals surface area (Å²) in [7, 11) is 0. The van der Waals surface area contributed by atoms with Crippen LogP contribution in [0.1, 0.15) is 40.0 Å². The minimum Gasteiger partial charge on any atom is -0.326 e. The van der Waals surface area contributed by atoms with Crippen LogP contribution in [0.2, 0.25) is 0 Å². The molecule has 4 heteroatoms. The average Bonchev–Trinajstić information content (AvgIpc) is 2.72. The maximum Gasteiger partial charge on any atom is 0.231 e. The Bertz CT molecular complexity index is 622. The molecule has 2 saturated carbocycles. The van der Waals surface area contributed by atoms with Gasteiger partial charge in [0.1, 0.15) is 11.6 Å². The van der Waals surface area contributed by atoms with E-state index in [1.165, 1.54) is 12.1 Å². The van der Waals surface area contributed by atoms with Crippen LogP contribution in [0, 0.1) is 22.1 Å². The molecule has 21 heavy (non-hydrogen) atoms. The van der Waals surface area contributed by atoms with Crippen molar-refractivity contribution >= 4 is 17.4 Å². The fourth-order valence-corrected chi connectivity index (χ4v) is 4.14. The number of carbonyl (C=O) groups excluding carboxylic acids is 2. The molecule has 1 N–H and O–H groups in total. The molecular weight excluding hydrogens is 269 g/mol. The molecule has 112 valence electrons. The third kappa shape index (κ3) is 1.65. The van der Waals surface area contributed by atoms with Crippen molar-refractivity contribution in [3.05, 3.63) is 30.1 Å². The normalized spacial score (nSPS) is 33.2. The van der Waals surface area contributed by atoms with Crippen LogP contribution in [0.3, 0.4) is 0 Å². The lowest BCUT2D eigenvalue weighted by atomic mass is 9.64. The summed E-state index contributed by atoms with van der Waals surface area (Å²) >= 11 is 0. The second-order valence-electron chi connectivity index (χ2n) is 7.10. The van der Waals surface area contributed by atoms with Crippen LogP contribution in [-0.4, -0.2) is 11.7 Å². The summed E-state index contributed by atoms with van der Waals surface area (Å²) in [5.41, 5.74) is -0.846. The number of benzene rings is 1. The molecular formula is C17H20FNO2. The summed E-state index contributed by atoms with van der Waals surface area (Å²) in [5, 5.41) is 2.87. The molecule has 0 spiro atoms. The van der Waals surface area contributed by atoms with E-state index in [9.17, 15) is 14.0 Å². The number of rotatable bonds is 2. The smallest absolute Gasteiger partial charge is 0.231 e. The quantitative estimate of drug-likeness (QED) is 0.905. The fourth-order valence-electron chi connectivity index (χ4n) is 4.14. The van der Waals surface area contributed by atoms with Gasteiger partial charge in [-0.15, -0.1) is 0 Å². The summed E-state index contributed by atoms with van der Waals surface area (Å²) < 4.78 is 12.9. The number of halogens is 1. The van der Waals surface area contributed by atoms with Crippen molar-refractivity contribution in [1.82, 2.24) is 0 Å². The lowest BCUT2D eigenvalue weighted by molar-refractivity contribution is -0.131. The van der Waals surface area contributed by atoms with E-state index < -0.39 is 10.8 Å². The zero-order chi connectivity index (χ0) is 15.5. The number of hydrogen-bond donors (Lipinski definition) is 1. The van der Waals surface area contributed by atoms with E-state index in [2.05, 4.69) is 5.32 Å². The van der Waals surface area contributed by atoms with Gasteiger partial charge in [0.15, 0.2) is 0 Å². The van der Waals surface area contributed by atoms with Gasteiger partial charge in [0.25, 0.3) is 0 Å². The molecule has 2 aliphatic carbocycles. The number of ketones is 1. The zero-order valence-corrected chi connectivity index (χ0v) is 12.6. The third-order valence-corrected chi connectivity index (χ3v) is 6.24. The highest BCUT2D eigenvalue weighted by molar-refractivity contribution is 6.04. The van der Waals surface area contributed by atoms with Gasteiger partial charge in [0.2, 0.25) is 5.91 Å². The monoisotopic (exact) mass is 289 g/mol. The van der Waals surface area contributed by atoms with Crippen LogP contribution in [0.5, 0.6) is 0 Å². The van der Waals surface area contributed by atoms with Gasteiger partial charge >= 0.3 is 0 Å². The molecule has 2 aliphatic rings. The summed E-state index contributed by atoms with van der Waals surface area (Å²) in [6.07, 6.45) is 1.80. The van der Waals surface area contributed by atoms with Gasteiger partial charge in [-0.1, -0.05) is 20.8 Å². The van der Waals surface area contributed by atoms with Gasteiger partial charge in [-0.05, 0) is 42.5 Å². The van der Waals surface area contributed by atoms with Gasteiger partial charge in [0.05, 0.1) is 5.41 Å². The van der Waals surface area contributed by atoms with E-state index >= 15 is 0 Å². The lowest BCUT2D eigenvalue weighted by Crippen LogP contribution is -2.43. The number of hydrogen-bond acceptors (Lipinski definition) is 2. The number of carbonyl (C=O) groups is 2. The minimum absolute atomic E-state index is 0.117. The van der Waals surface area contributed by atoms with Crippen LogP contribution in [0.25, 0.3) is 0 Å². The maximum absolute atomic E-state index is 12.9. The summed E-state index contributed by atoms with van der Waals surface area (Å²) in [6.45, 7) is 6.03. The second kappa shape index (κ2) is 4.15. The highest BCUT2D eigenvalue weighted by Gasteiger charge is 2.72. The Hall–Kier alpha value is -1.71.